The quantitative estimate of drug-likeness (QED) is 0.686. The lowest BCUT2D eigenvalue weighted by molar-refractivity contribution is 0.102. The Labute approximate surface area is 145 Å². The molecule has 0 unspecified atom stereocenters. The van der Waals surface area contributed by atoms with E-state index >= 15 is 0 Å². The van der Waals surface area contributed by atoms with Crippen molar-refractivity contribution in [3.8, 4) is 10.9 Å². The number of rotatable bonds is 5. The molecule has 5 heteroatoms. The molecule has 0 spiro atoms. The summed E-state index contributed by atoms with van der Waals surface area (Å²) >= 11 is 1.42. The van der Waals surface area contributed by atoms with E-state index in [4.69, 9.17) is 4.74 Å². The van der Waals surface area contributed by atoms with Gasteiger partial charge in [0.05, 0.1) is 0 Å². The maximum atomic E-state index is 12.5. The van der Waals surface area contributed by atoms with E-state index in [0.29, 0.717) is 22.4 Å². The highest BCUT2D eigenvalue weighted by Gasteiger charge is 2.11. The van der Waals surface area contributed by atoms with Gasteiger partial charge in [-0.2, -0.15) is 0 Å². The third-order valence-corrected chi connectivity index (χ3v) is 4.21. The Kier molecular flexibility index (Phi) is 4.91. The lowest BCUT2D eigenvalue weighted by Gasteiger charge is -2.13. The van der Waals surface area contributed by atoms with E-state index in [9.17, 15) is 4.79 Å². The number of benzene rings is 2. The minimum absolute atomic E-state index is 0.135. The number of nitrogens with zero attached hydrogens (tertiary/aromatic N) is 1. The van der Waals surface area contributed by atoms with Crippen molar-refractivity contribution >= 4 is 22.9 Å². The first-order chi connectivity index (χ1) is 11.6. The number of hydrogen-bond acceptors (Lipinski definition) is 4. The Morgan fingerprint density at radius 2 is 1.88 bits per heavy atom. The van der Waals surface area contributed by atoms with Gasteiger partial charge in [-0.3, -0.25) is 4.79 Å². The van der Waals surface area contributed by atoms with Crippen LogP contribution in [0, 0.1) is 0 Å². The number of ether oxygens (including phenoxy) is 1. The molecule has 2 aromatic carbocycles. The average Bonchev–Trinajstić information content (AvgIpc) is 3.09. The molecule has 0 aliphatic heterocycles. The summed E-state index contributed by atoms with van der Waals surface area (Å²) in [6, 6.07) is 14.9. The fourth-order valence-corrected chi connectivity index (χ4v) is 2.85. The standard InChI is InChI=1S/C19H18N2O2S/c1-13(2)16-5-3-4-6-17(16)21-18(22)14-7-9-15(10-8-14)23-19-20-11-12-24-19/h3-13H,1-2H3,(H,21,22). The maximum absolute atomic E-state index is 12.5. The van der Waals surface area contributed by atoms with E-state index in [1.165, 1.54) is 11.3 Å². The van der Waals surface area contributed by atoms with Crippen molar-refractivity contribution in [2.24, 2.45) is 0 Å². The first kappa shape index (κ1) is 16.2. The third-order valence-electron chi connectivity index (χ3n) is 3.56. The van der Waals surface area contributed by atoms with Crippen LogP contribution >= 0.6 is 11.3 Å². The fraction of sp³-hybridized carbons (Fsp3) is 0.158. The predicted molar refractivity (Wildman–Crippen MR) is 97.1 cm³/mol. The second-order valence-corrected chi connectivity index (χ2v) is 6.48. The second-order valence-electron chi connectivity index (χ2n) is 5.62. The minimum Gasteiger partial charge on any atom is -0.431 e. The summed E-state index contributed by atoms with van der Waals surface area (Å²) in [4.78, 5) is 16.5. The number of carbonyl (C=O) groups excluding carboxylic acids is 1. The second kappa shape index (κ2) is 7.27. The number of amides is 1. The van der Waals surface area contributed by atoms with Crippen LogP contribution in [-0.4, -0.2) is 10.9 Å². The zero-order chi connectivity index (χ0) is 16.9. The molecule has 1 aromatic heterocycles. The molecule has 0 saturated carbocycles. The highest BCUT2D eigenvalue weighted by atomic mass is 32.1. The van der Waals surface area contributed by atoms with Gasteiger partial charge in [0.15, 0.2) is 0 Å². The molecule has 0 radical (unpaired) electrons. The van der Waals surface area contributed by atoms with Gasteiger partial charge in [-0.15, -0.1) is 0 Å². The van der Waals surface area contributed by atoms with Gasteiger partial charge in [-0.1, -0.05) is 43.4 Å². The van der Waals surface area contributed by atoms with Gasteiger partial charge in [-0.25, -0.2) is 4.98 Å². The molecule has 0 saturated heterocycles. The molecule has 24 heavy (non-hydrogen) atoms. The molecule has 3 rings (SSSR count). The Morgan fingerprint density at radius 1 is 1.12 bits per heavy atom. The van der Waals surface area contributed by atoms with E-state index in [1.807, 2.05) is 29.6 Å². The van der Waals surface area contributed by atoms with Crippen LogP contribution in [0.15, 0.2) is 60.1 Å². The van der Waals surface area contributed by atoms with Gasteiger partial charge in [0.25, 0.3) is 11.1 Å². The van der Waals surface area contributed by atoms with Crippen molar-refractivity contribution in [2.45, 2.75) is 19.8 Å². The van der Waals surface area contributed by atoms with Crippen molar-refractivity contribution in [2.75, 3.05) is 5.32 Å². The highest BCUT2D eigenvalue weighted by Crippen LogP contribution is 2.26. The molecule has 3 aromatic rings. The van der Waals surface area contributed by atoms with Crippen LogP contribution in [0.3, 0.4) is 0 Å². The average molecular weight is 338 g/mol. The van der Waals surface area contributed by atoms with Crippen LogP contribution < -0.4 is 10.1 Å². The first-order valence-electron chi connectivity index (χ1n) is 7.71. The molecule has 4 nitrogen and oxygen atoms in total. The molecule has 1 heterocycles. The summed E-state index contributed by atoms with van der Waals surface area (Å²) in [6.45, 7) is 4.21. The Morgan fingerprint density at radius 3 is 2.54 bits per heavy atom. The van der Waals surface area contributed by atoms with E-state index in [-0.39, 0.29) is 5.91 Å². The number of carbonyl (C=O) groups is 1. The van der Waals surface area contributed by atoms with Gasteiger partial charge < -0.3 is 10.1 Å². The number of thiazole rings is 1. The molecule has 1 amide bonds. The summed E-state index contributed by atoms with van der Waals surface area (Å²) in [6.07, 6.45) is 1.69. The Bertz CT molecular complexity index is 812. The molecular formula is C19H18N2O2S. The number of nitrogens with one attached hydrogen (secondary N) is 1. The smallest absolute Gasteiger partial charge is 0.278 e. The molecular weight excluding hydrogens is 320 g/mol. The van der Waals surface area contributed by atoms with E-state index < -0.39 is 0 Å². The van der Waals surface area contributed by atoms with Crippen LogP contribution in [0.1, 0.15) is 35.7 Å². The molecule has 1 N–H and O–H groups in total. The lowest BCUT2D eigenvalue weighted by Crippen LogP contribution is -2.13. The molecule has 0 aliphatic carbocycles. The van der Waals surface area contributed by atoms with Gasteiger partial charge >= 0.3 is 0 Å². The molecule has 122 valence electrons. The predicted octanol–water partition coefficient (Wildman–Crippen LogP) is 5.31. The summed E-state index contributed by atoms with van der Waals surface area (Å²) in [5.41, 5.74) is 2.55. The number of hydrogen-bond donors (Lipinski definition) is 1. The van der Waals surface area contributed by atoms with Crippen molar-refractivity contribution in [3.63, 3.8) is 0 Å². The molecule has 0 bridgehead atoms. The SMILES string of the molecule is CC(C)c1ccccc1NC(=O)c1ccc(Oc2nccs2)cc1. The normalized spacial score (nSPS) is 10.6. The van der Waals surface area contributed by atoms with Crippen LogP contribution in [0.4, 0.5) is 5.69 Å². The van der Waals surface area contributed by atoms with Crippen molar-refractivity contribution < 1.29 is 9.53 Å². The van der Waals surface area contributed by atoms with Crippen molar-refractivity contribution in [3.05, 3.63) is 71.2 Å². The number of para-hydroxylation sites is 1. The van der Waals surface area contributed by atoms with Gasteiger partial charge in [0, 0.05) is 22.8 Å². The van der Waals surface area contributed by atoms with Crippen molar-refractivity contribution in [1.82, 2.24) is 4.98 Å². The molecule has 0 atom stereocenters. The maximum Gasteiger partial charge on any atom is 0.278 e. The molecule has 0 aliphatic rings. The topological polar surface area (TPSA) is 51.2 Å². The lowest BCUT2D eigenvalue weighted by atomic mass is 10.0. The van der Waals surface area contributed by atoms with Gasteiger partial charge in [0.1, 0.15) is 5.75 Å². The van der Waals surface area contributed by atoms with Crippen LogP contribution in [0.5, 0.6) is 10.9 Å². The summed E-state index contributed by atoms with van der Waals surface area (Å²) in [7, 11) is 0. The van der Waals surface area contributed by atoms with Gasteiger partial charge in [-0.05, 0) is 41.8 Å². The van der Waals surface area contributed by atoms with E-state index in [1.54, 1.807) is 30.5 Å². The Balaban J connectivity index is 1.71. The van der Waals surface area contributed by atoms with Gasteiger partial charge in [0.2, 0.25) is 0 Å². The summed E-state index contributed by atoms with van der Waals surface area (Å²) in [5.74, 6) is 0.864. The van der Waals surface area contributed by atoms with E-state index in [0.717, 1.165) is 11.3 Å². The third kappa shape index (κ3) is 3.81. The van der Waals surface area contributed by atoms with E-state index in [2.05, 4.69) is 24.1 Å². The molecule has 0 fully saturated rings. The minimum atomic E-state index is -0.135. The Hall–Kier alpha value is -2.66. The zero-order valence-electron chi connectivity index (χ0n) is 13.5. The number of anilines is 1. The first-order valence-corrected chi connectivity index (χ1v) is 8.59. The zero-order valence-corrected chi connectivity index (χ0v) is 14.3. The number of aromatic nitrogens is 1. The van der Waals surface area contributed by atoms with Crippen LogP contribution in [-0.2, 0) is 0 Å². The van der Waals surface area contributed by atoms with Crippen LogP contribution in [0.2, 0.25) is 0 Å². The highest BCUT2D eigenvalue weighted by molar-refractivity contribution is 7.11. The fourth-order valence-electron chi connectivity index (χ4n) is 2.34. The van der Waals surface area contributed by atoms with Crippen LogP contribution in [0.25, 0.3) is 0 Å². The van der Waals surface area contributed by atoms with Crippen molar-refractivity contribution in [1.29, 1.82) is 0 Å². The summed E-state index contributed by atoms with van der Waals surface area (Å²) < 4.78 is 5.60. The monoisotopic (exact) mass is 338 g/mol. The summed E-state index contributed by atoms with van der Waals surface area (Å²) in [5, 5.41) is 5.42. The largest absolute Gasteiger partial charge is 0.431 e.